The molecule has 1 N–H and O–H groups in total. The van der Waals surface area contributed by atoms with Crippen molar-refractivity contribution in [2.45, 2.75) is 25.7 Å². The molecule has 1 saturated heterocycles. The number of amides is 1. The van der Waals surface area contributed by atoms with Crippen molar-refractivity contribution >= 4 is 5.91 Å². The maximum Gasteiger partial charge on any atom is 0.257 e. The fraction of sp³-hybridized carbons (Fsp3) is 0.240. The first-order chi connectivity index (χ1) is 15.2. The Morgan fingerprint density at radius 1 is 1.10 bits per heavy atom. The van der Waals surface area contributed by atoms with E-state index in [1.165, 1.54) is 5.56 Å². The second kappa shape index (κ2) is 8.22. The van der Waals surface area contributed by atoms with E-state index in [4.69, 9.17) is 5.10 Å². The first-order valence-corrected chi connectivity index (χ1v) is 10.8. The fourth-order valence-electron chi connectivity index (χ4n) is 4.22. The van der Waals surface area contributed by atoms with Crippen LogP contribution in [0.1, 0.15) is 40.9 Å². The molecule has 31 heavy (non-hydrogen) atoms. The van der Waals surface area contributed by atoms with Gasteiger partial charge in [0.15, 0.2) is 0 Å². The van der Waals surface area contributed by atoms with Crippen molar-refractivity contribution in [2.75, 3.05) is 13.1 Å². The smallest absolute Gasteiger partial charge is 0.257 e. The molecule has 0 aliphatic carbocycles. The molecule has 1 aliphatic rings. The van der Waals surface area contributed by atoms with E-state index >= 15 is 0 Å². The van der Waals surface area contributed by atoms with Crippen LogP contribution in [0.2, 0.25) is 0 Å². The molecule has 0 bridgehead atoms. The summed E-state index contributed by atoms with van der Waals surface area (Å²) in [6, 6.07) is 20.2. The standard InChI is InChI=1S/C25H25N5O/c1-2-18-8-10-19(11-9-18)24-22(17-30(28-24)21-6-4-3-5-7-21)25(31)29-15-13-20(16-29)23-12-14-26-27-23/h3-12,14,17,20H,2,13,15-16H2,1H3,(H,26,27). The monoisotopic (exact) mass is 411 g/mol. The Hall–Kier alpha value is -3.67. The summed E-state index contributed by atoms with van der Waals surface area (Å²) in [5.74, 6) is 0.321. The highest BCUT2D eigenvalue weighted by Gasteiger charge is 2.31. The minimum Gasteiger partial charge on any atom is -0.338 e. The van der Waals surface area contributed by atoms with Crippen molar-refractivity contribution < 1.29 is 4.79 Å². The van der Waals surface area contributed by atoms with Crippen molar-refractivity contribution in [3.63, 3.8) is 0 Å². The Labute approximate surface area is 181 Å². The highest BCUT2D eigenvalue weighted by molar-refractivity contribution is 6.00. The van der Waals surface area contributed by atoms with Gasteiger partial charge < -0.3 is 4.90 Å². The molecule has 1 aliphatic heterocycles. The average Bonchev–Trinajstić information content (AvgIpc) is 3.59. The number of para-hydroxylation sites is 1. The molecule has 6 nitrogen and oxygen atoms in total. The number of H-pyrrole nitrogens is 1. The molecule has 1 amide bonds. The maximum atomic E-state index is 13.6. The number of nitrogens with one attached hydrogen (secondary N) is 1. The van der Waals surface area contributed by atoms with Gasteiger partial charge in [-0.25, -0.2) is 4.68 Å². The molecule has 0 saturated carbocycles. The largest absolute Gasteiger partial charge is 0.338 e. The lowest BCUT2D eigenvalue weighted by molar-refractivity contribution is 0.0791. The van der Waals surface area contributed by atoms with Crippen molar-refractivity contribution in [3.8, 4) is 16.9 Å². The number of rotatable bonds is 5. The van der Waals surface area contributed by atoms with E-state index in [9.17, 15) is 4.79 Å². The molecule has 1 atom stereocenters. The van der Waals surface area contributed by atoms with Gasteiger partial charge in [0.1, 0.15) is 5.69 Å². The lowest BCUT2D eigenvalue weighted by atomic mass is 10.0. The Bertz CT molecular complexity index is 1160. The lowest BCUT2D eigenvalue weighted by Crippen LogP contribution is -2.28. The topological polar surface area (TPSA) is 66.8 Å². The van der Waals surface area contributed by atoms with Crippen molar-refractivity contribution in [1.82, 2.24) is 24.9 Å². The number of benzene rings is 2. The Kier molecular flexibility index (Phi) is 5.12. The van der Waals surface area contributed by atoms with Crippen LogP contribution in [0, 0.1) is 0 Å². The summed E-state index contributed by atoms with van der Waals surface area (Å²) in [4.78, 5) is 15.5. The number of likely N-dealkylation sites (tertiary alicyclic amines) is 1. The third-order valence-corrected chi connectivity index (χ3v) is 6.04. The number of aromatic amines is 1. The predicted molar refractivity (Wildman–Crippen MR) is 120 cm³/mol. The van der Waals surface area contributed by atoms with E-state index < -0.39 is 0 Å². The van der Waals surface area contributed by atoms with Crippen LogP contribution in [-0.2, 0) is 6.42 Å². The highest BCUT2D eigenvalue weighted by Crippen LogP contribution is 2.30. The van der Waals surface area contributed by atoms with Crippen LogP contribution in [0.25, 0.3) is 16.9 Å². The first-order valence-electron chi connectivity index (χ1n) is 10.8. The molecule has 0 spiro atoms. The summed E-state index contributed by atoms with van der Waals surface area (Å²) in [7, 11) is 0. The molecule has 156 valence electrons. The first kappa shape index (κ1) is 19.3. The third-order valence-electron chi connectivity index (χ3n) is 6.04. The summed E-state index contributed by atoms with van der Waals surface area (Å²) in [5.41, 5.74) is 5.61. The van der Waals surface area contributed by atoms with Crippen LogP contribution in [0.5, 0.6) is 0 Å². The van der Waals surface area contributed by atoms with E-state index in [-0.39, 0.29) is 5.91 Å². The summed E-state index contributed by atoms with van der Waals surface area (Å²) in [5, 5.41) is 11.9. The van der Waals surface area contributed by atoms with Gasteiger partial charge in [-0.3, -0.25) is 9.89 Å². The van der Waals surface area contributed by atoms with Gasteiger partial charge in [0, 0.05) is 42.7 Å². The molecule has 2 aromatic heterocycles. The number of carbonyl (C=O) groups is 1. The third kappa shape index (κ3) is 3.77. The van der Waals surface area contributed by atoms with E-state index in [1.54, 1.807) is 10.9 Å². The van der Waals surface area contributed by atoms with E-state index in [0.29, 0.717) is 18.0 Å². The maximum absolute atomic E-state index is 13.6. The summed E-state index contributed by atoms with van der Waals surface area (Å²) in [6.45, 7) is 3.55. The van der Waals surface area contributed by atoms with Gasteiger partial charge >= 0.3 is 0 Å². The van der Waals surface area contributed by atoms with Crippen LogP contribution < -0.4 is 0 Å². The number of aromatic nitrogens is 4. The fourth-order valence-corrected chi connectivity index (χ4v) is 4.22. The lowest BCUT2D eigenvalue weighted by Gasteiger charge is -2.16. The van der Waals surface area contributed by atoms with Crippen LogP contribution in [0.4, 0.5) is 0 Å². The number of hydrogen-bond acceptors (Lipinski definition) is 3. The highest BCUT2D eigenvalue weighted by atomic mass is 16.2. The molecule has 2 aromatic carbocycles. The number of carbonyl (C=O) groups excluding carboxylic acids is 1. The quantitative estimate of drug-likeness (QED) is 0.527. The molecule has 3 heterocycles. The molecule has 1 unspecified atom stereocenters. The van der Waals surface area contributed by atoms with Gasteiger partial charge in [-0.05, 0) is 36.6 Å². The SMILES string of the molecule is CCc1ccc(-c2nn(-c3ccccc3)cc2C(=O)N2CCC(c3ccn[nH]3)C2)cc1. The van der Waals surface area contributed by atoms with Gasteiger partial charge in [-0.15, -0.1) is 0 Å². The Morgan fingerprint density at radius 2 is 1.90 bits per heavy atom. The van der Waals surface area contributed by atoms with E-state index in [1.807, 2.05) is 47.5 Å². The van der Waals surface area contributed by atoms with Crippen molar-refractivity contribution in [1.29, 1.82) is 0 Å². The zero-order valence-corrected chi connectivity index (χ0v) is 17.5. The van der Waals surface area contributed by atoms with Gasteiger partial charge in [0.2, 0.25) is 0 Å². The molecular formula is C25H25N5O. The average molecular weight is 412 g/mol. The van der Waals surface area contributed by atoms with Gasteiger partial charge in [-0.2, -0.15) is 10.2 Å². The minimum atomic E-state index is 0.0266. The predicted octanol–water partition coefficient (Wildman–Crippen LogP) is 4.45. The van der Waals surface area contributed by atoms with Gasteiger partial charge in [0.05, 0.1) is 11.3 Å². The summed E-state index contributed by atoms with van der Waals surface area (Å²) >= 11 is 0. The zero-order chi connectivity index (χ0) is 21.2. The van der Waals surface area contributed by atoms with Crippen LogP contribution in [0.15, 0.2) is 73.1 Å². The van der Waals surface area contributed by atoms with E-state index in [2.05, 4.69) is 41.4 Å². The van der Waals surface area contributed by atoms with Gasteiger partial charge in [0.25, 0.3) is 5.91 Å². The molecule has 1 fully saturated rings. The molecule has 5 rings (SSSR count). The van der Waals surface area contributed by atoms with Crippen LogP contribution >= 0.6 is 0 Å². The molecule has 6 heteroatoms. The normalized spacial score (nSPS) is 16.0. The molecule has 4 aromatic rings. The number of nitrogens with zero attached hydrogens (tertiary/aromatic N) is 4. The Balaban J connectivity index is 1.50. The van der Waals surface area contributed by atoms with E-state index in [0.717, 1.165) is 42.0 Å². The zero-order valence-electron chi connectivity index (χ0n) is 17.5. The van der Waals surface area contributed by atoms with Crippen LogP contribution in [-0.4, -0.2) is 43.9 Å². The number of aryl methyl sites for hydroxylation is 1. The second-order valence-corrected chi connectivity index (χ2v) is 7.97. The summed E-state index contributed by atoms with van der Waals surface area (Å²) < 4.78 is 1.80. The van der Waals surface area contributed by atoms with Crippen molar-refractivity contribution in [3.05, 3.63) is 89.9 Å². The second-order valence-electron chi connectivity index (χ2n) is 7.97. The summed E-state index contributed by atoms with van der Waals surface area (Å²) in [6.07, 6.45) is 5.54. The number of hydrogen-bond donors (Lipinski definition) is 1. The minimum absolute atomic E-state index is 0.0266. The molecule has 0 radical (unpaired) electrons. The Morgan fingerprint density at radius 3 is 2.61 bits per heavy atom. The molecular weight excluding hydrogens is 386 g/mol. The van der Waals surface area contributed by atoms with Crippen LogP contribution in [0.3, 0.4) is 0 Å². The van der Waals surface area contributed by atoms with Crippen molar-refractivity contribution in [2.24, 2.45) is 0 Å². The van der Waals surface area contributed by atoms with Gasteiger partial charge in [-0.1, -0.05) is 49.4 Å².